The lowest BCUT2D eigenvalue weighted by molar-refractivity contribution is -0.0528. The molecule has 2 fully saturated rings. The number of aromatic nitrogens is 4. The molecule has 3 heterocycles. The lowest BCUT2D eigenvalue weighted by atomic mass is 9.64. The molecule has 26 heavy (non-hydrogen) atoms. The van der Waals surface area contributed by atoms with Crippen LogP contribution < -0.4 is 5.32 Å². The molecule has 1 aromatic carbocycles. The summed E-state index contributed by atoms with van der Waals surface area (Å²) in [4.78, 5) is 12.8. The first-order valence-corrected chi connectivity index (χ1v) is 8.94. The van der Waals surface area contributed by atoms with Crippen molar-refractivity contribution in [2.24, 2.45) is 11.8 Å². The molecule has 0 spiro atoms. The van der Waals surface area contributed by atoms with Crippen LogP contribution in [-0.4, -0.2) is 44.7 Å². The standard InChI is InChI=1S/C19H19N5O2/c25-19(13-6-8-24-16(11-13)21-22-23-24)20-17-14-7-9-26-18(14)15(17)10-12-4-2-1-3-5-12/h1-6,8,11,14-15,17-18H,7,9-10H2,(H,20,25)/t14-,15+,17-,18-/m0/s1. The van der Waals surface area contributed by atoms with Crippen LogP contribution in [0.3, 0.4) is 0 Å². The summed E-state index contributed by atoms with van der Waals surface area (Å²) in [6.07, 6.45) is 3.88. The minimum atomic E-state index is -0.0797. The molecule has 7 heteroatoms. The van der Waals surface area contributed by atoms with E-state index < -0.39 is 0 Å². The second kappa shape index (κ2) is 6.17. The van der Waals surface area contributed by atoms with Crippen LogP contribution in [0.2, 0.25) is 0 Å². The maximum atomic E-state index is 12.8. The van der Waals surface area contributed by atoms with E-state index in [4.69, 9.17) is 4.74 Å². The Bertz CT molecular complexity index is 941. The molecule has 1 aliphatic heterocycles. The highest BCUT2D eigenvalue weighted by Gasteiger charge is 2.54. The highest BCUT2D eigenvalue weighted by atomic mass is 16.5. The lowest BCUT2D eigenvalue weighted by Crippen LogP contribution is -2.62. The Hall–Kier alpha value is -2.80. The largest absolute Gasteiger partial charge is 0.377 e. The average molecular weight is 349 g/mol. The summed E-state index contributed by atoms with van der Waals surface area (Å²) in [6.45, 7) is 0.782. The fourth-order valence-electron chi connectivity index (χ4n) is 4.29. The van der Waals surface area contributed by atoms with Crippen molar-refractivity contribution in [1.29, 1.82) is 0 Å². The molecule has 3 aromatic rings. The van der Waals surface area contributed by atoms with Crippen LogP contribution in [0, 0.1) is 11.8 Å². The number of ether oxygens (including phenoxy) is 1. The number of nitrogens with one attached hydrogen (secondary N) is 1. The molecule has 1 saturated heterocycles. The summed E-state index contributed by atoms with van der Waals surface area (Å²) >= 11 is 0. The van der Waals surface area contributed by atoms with Gasteiger partial charge in [0.05, 0.1) is 6.10 Å². The summed E-state index contributed by atoms with van der Waals surface area (Å²) in [5, 5.41) is 14.6. The second-order valence-electron chi connectivity index (χ2n) is 7.04. The maximum Gasteiger partial charge on any atom is 0.251 e. The van der Waals surface area contributed by atoms with Crippen LogP contribution in [0.25, 0.3) is 5.65 Å². The Morgan fingerprint density at radius 3 is 3.04 bits per heavy atom. The predicted octanol–water partition coefficient (Wildman–Crippen LogP) is 1.50. The van der Waals surface area contributed by atoms with Gasteiger partial charge in [0.15, 0.2) is 5.65 Å². The number of pyridine rings is 1. The molecule has 1 aliphatic carbocycles. The molecule has 132 valence electrons. The van der Waals surface area contributed by atoms with E-state index in [-0.39, 0.29) is 18.1 Å². The van der Waals surface area contributed by atoms with Crippen LogP contribution in [0.5, 0.6) is 0 Å². The quantitative estimate of drug-likeness (QED) is 0.772. The van der Waals surface area contributed by atoms with Gasteiger partial charge in [0.25, 0.3) is 5.91 Å². The Balaban J connectivity index is 1.34. The van der Waals surface area contributed by atoms with Crippen molar-refractivity contribution in [3.05, 3.63) is 59.8 Å². The summed E-state index contributed by atoms with van der Waals surface area (Å²) in [7, 11) is 0. The number of hydrogen-bond donors (Lipinski definition) is 1. The second-order valence-corrected chi connectivity index (χ2v) is 7.04. The van der Waals surface area contributed by atoms with Crippen molar-refractivity contribution in [1.82, 2.24) is 25.4 Å². The minimum Gasteiger partial charge on any atom is -0.377 e. The van der Waals surface area contributed by atoms with Gasteiger partial charge in [0, 0.05) is 36.2 Å². The molecule has 0 unspecified atom stereocenters. The molecule has 1 N–H and O–H groups in total. The van der Waals surface area contributed by atoms with Crippen molar-refractivity contribution < 1.29 is 9.53 Å². The molecule has 0 bridgehead atoms. The van der Waals surface area contributed by atoms with Gasteiger partial charge < -0.3 is 10.1 Å². The highest BCUT2D eigenvalue weighted by Crippen LogP contribution is 2.45. The molecule has 4 atom stereocenters. The van der Waals surface area contributed by atoms with E-state index in [9.17, 15) is 4.79 Å². The van der Waals surface area contributed by atoms with E-state index in [1.54, 1.807) is 22.8 Å². The fourth-order valence-corrected chi connectivity index (χ4v) is 4.29. The third-order valence-electron chi connectivity index (χ3n) is 5.60. The highest BCUT2D eigenvalue weighted by molar-refractivity contribution is 5.95. The summed E-state index contributed by atoms with van der Waals surface area (Å²) in [5.74, 6) is 0.641. The summed E-state index contributed by atoms with van der Waals surface area (Å²) in [6, 6.07) is 14.0. The molecular formula is C19H19N5O2. The number of carbonyl (C=O) groups excluding carboxylic acids is 1. The molecule has 7 nitrogen and oxygen atoms in total. The summed E-state index contributed by atoms with van der Waals surface area (Å²) in [5.41, 5.74) is 2.42. The Kier molecular flexibility index (Phi) is 3.67. The zero-order chi connectivity index (χ0) is 17.5. The first kappa shape index (κ1) is 15.5. The van der Waals surface area contributed by atoms with Gasteiger partial charge in [-0.1, -0.05) is 30.3 Å². The molecule has 1 saturated carbocycles. The number of nitrogens with zero attached hydrogens (tertiary/aromatic N) is 4. The van der Waals surface area contributed by atoms with Gasteiger partial charge in [-0.25, -0.2) is 4.52 Å². The SMILES string of the molecule is O=C(N[C@@H]1[C@@H](Cc2ccccc2)[C@H]2OCC[C@@H]12)c1ccn2nnnc2c1. The Morgan fingerprint density at radius 2 is 2.15 bits per heavy atom. The number of hydrogen-bond acceptors (Lipinski definition) is 5. The van der Waals surface area contributed by atoms with Gasteiger partial charge in [-0.05, 0) is 41.0 Å². The zero-order valence-corrected chi connectivity index (χ0v) is 14.2. The topological polar surface area (TPSA) is 81.4 Å². The van der Waals surface area contributed by atoms with Gasteiger partial charge in [-0.2, -0.15) is 0 Å². The van der Waals surface area contributed by atoms with Crippen LogP contribution in [0.15, 0.2) is 48.7 Å². The number of amides is 1. The monoisotopic (exact) mass is 349 g/mol. The number of rotatable bonds is 4. The van der Waals surface area contributed by atoms with Gasteiger partial charge in [-0.15, -0.1) is 5.10 Å². The van der Waals surface area contributed by atoms with Crippen LogP contribution >= 0.6 is 0 Å². The fraction of sp³-hybridized carbons (Fsp3) is 0.368. The van der Waals surface area contributed by atoms with Crippen LogP contribution in [-0.2, 0) is 11.2 Å². The minimum absolute atomic E-state index is 0.0797. The summed E-state index contributed by atoms with van der Waals surface area (Å²) < 4.78 is 7.46. The number of carbonyl (C=O) groups is 1. The van der Waals surface area contributed by atoms with Crippen LogP contribution in [0.1, 0.15) is 22.3 Å². The van der Waals surface area contributed by atoms with E-state index in [1.807, 2.05) is 6.07 Å². The van der Waals surface area contributed by atoms with Crippen molar-refractivity contribution in [2.45, 2.75) is 25.0 Å². The molecule has 1 amide bonds. The van der Waals surface area contributed by atoms with Crippen molar-refractivity contribution in [2.75, 3.05) is 6.61 Å². The lowest BCUT2D eigenvalue weighted by Gasteiger charge is -2.48. The molecule has 2 aliphatic rings. The van der Waals surface area contributed by atoms with Crippen molar-refractivity contribution >= 4 is 11.6 Å². The average Bonchev–Trinajstić information content (AvgIpc) is 3.31. The van der Waals surface area contributed by atoms with Crippen LogP contribution in [0.4, 0.5) is 0 Å². The van der Waals surface area contributed by atoms with E-state index in [0.717, 1.165) is 19.4 Å². The van der Waals surface area contributed by atoms with E-state index >= 15 is 0 Å². The maximum absolute atomic E-state index is 12.8. The van der Waals surface area contributed by atoms with Crippen molar-refractivity contribution in [3.8, 4) is 0 Å². The zero-order valence-electron chi connectivity index (χ0n) is 14.2. The molecule has 0 radical (unpaired) electrons. The number of benzene rings is 1. The van der Waals surface area contributed by atoms with E-state index in [1.165, 1.54) is 5.56 Å². The van der Waals surface area contributed by atoms with Gasteiger partial charge in [-0.3, -0.25) is 4.79 Å². The first-order valence-electron chi connectivity index (χ1n) is 8.94. The normalized spacial score (nSPS) is 27.1. The molecule has 2 aromatic heterocycles. The van der Waals surface area contributed by atoms with Crippen molar-refractivity contribution in [3.63, 3.8) is 0 Å². The smallest absolute Gasteiger partial charge is 0.251 e. The molecular weight excluding hydrogens is 330 g/mol. The van der Waals surface area contributed by atoms with Gasteiger partial charge >= 0.3 is 0 Å². The third kappa shape index (κ3) is 2.55. The number of tetrazole rings is 1. The first-order chi connectivity index (χ1) is 12.8. The molecule has 5 rings (SSSR count). The Labute approximate surface area is 150 Å². The van der Waals surface area contributed by atoms with E-state index in [2.05, 4.69) is 45.1 Å². The number of fused-ring (bicyclic) bond motifs is 2. The van der Waals surface area contributed by atoms with Gasteiger partial charge in [0.2, 0.25) is 0 Å². The Morgan fingerprint density at radius 1 is 1.27 bits per heavy atom. The predicted molar refractivity (Wildman–Crippen MR) is 93.5 cm³/mol. The van der Waals surface area contributed by atoms with Gasteiger partial charge in [0.1, 0.15) is 0 Å². The third-order valence-corrected chi connectivity index (χ3v) is 5.60. The van der Waals surface area contributed by atoms with E-state index in [0.29, 0.717) is 23.0 Å².